The fourth-order valence-electron chi connectivity index (χ4n) is 3.60. The van der Waals surface area contributed by atoms with E-state index >= 15 is 0 Å². The Balaban J connectivity index is 1.77. The number of benzene rings is 1. The predicted molar refractivity (Wildman–Crippen MR) is 81.9 cm³/mol. The van der Waals surface area contributed by atoms with E-state index in [-0.39, 0.29) is 17.2 Å². The summed E-state index contributed by atoms with van der Waals surface area (Å²) in [7, 11) is 0. The van der Waals surface area contributed by atoms with Gasteiger partial charge in [0, 0.05) is 37.3 Å². The standard InChI is InChI=1S/C16H23FN4/c1-11-8-20-7-3-5-13(20)10-21(11)9-12-4-2-6-14(15(12)17)16(18)19/h2,4,6,11,13H,3,5,7-10H2,1H3,(H3,18,19). The fourth-order valence-corrected chi connectivity index (χ4v) is 3.60. The van der Waals surface area contributed by atoms with E-state index in [4.69, 9.17) is 11.1 Å². The second kappa shape index (κ2) is 5.73. The Hall–Kier alpha value is -1.46. The summed E-state index contributed by atoms with van der Waals surface area (Å²) < 4.78 is 14.4. The molecule has 0 aliphatic carbocycles. The topological polar surface area (TPSA) is 56.4 Å². The molecular weight excluding hydrogens is 267 g/mol. The summed E-state index contributed by atoms with van der Waals surface area (Å²) in [5, 5.41) is 7.45. The molecule has 0 bridgehead atoms. The first-order valence-corrected chi connectivity index (χ1v) is 7.66. The van der Waals surface area contributed by atoms with Crippen LogP contribution in [0.5, 0.6) is 0 Å². The Bertz CT molecular complexity index is 545. The summed E-state index contributed by atoms with van der Waals surface area (Å²) in [6.45, 7) is 6.08. The third-order valence-corrected chi connectivity index (χ3v) is 4.81. The number of hydrogen-bond donors (Lipinski definition) is 2. The molecule has 2 atom stereocenters. The van der Waals surface area contributed by atoms with Crippen molar-refractivity contribution in [3.05, 3.63) is 35.1 Å². The Morgan fingerprint density at radius 1 is 1.43 bits per heavy atom. The van der Waals surface area contributed by atoms with Crippen molar-refractivity contribution in [2.45, 2.75) is 38.4 Å². The number of nitrogens with zero attached hydrogens (tertiary/aromatic N) is 2. The molecule has 2 heterocycles. The van der Waals surface area contributed by atoms with Crippen LogP contribution in [-0.4, -0.2) is 47.4 Å². The van der Waals surface area contributed by atoms with Gasteiger partial charge in [0.2, 0.25) is 0 Å². The first kappa shape index (κ1) is 14.5. The van der Waals surface area contributed by atoms with Gasteiger partial charge in [-0.05, 0) is 32.4 Å². The molecule has 0 radical (unpaired) electrons. The minimum absolute atomic E-state index is 0.206. The van der Waals surface area contributed by atoms with E-state index in [0.29, 0.717) is 24.2 Å². The van der Waals surface area contributed by atoms with Gasteiger partial charge in [-0.25, -0.2) is 4.39 Å². The largest absolute Gasteiger partial charge is 0.384 e. The molecule has 0 spiro atoms. The summed E-state index contributed by atoms with van der Waals surface area (Å²) in [6, 6.07) is 6.21. The van der Waals surface area contributed by atoms with Crippen LogP contribution in [0, 0.1) is 11.2 Å². The Kier molecular flexibility index (Phi) is 3.95. The van der Waals surface area contributed by atoms with E-state index in [9.17, 15) is 4.39 Å². The lowest BCUT2D eigenvalue weighted by Gasteiger charge is -2.42. The zero-order chi connectivity index (χ0) is 15.0. The summed E-state index contributed by atoms with van der Waals surface area (Å²) in [5.74, 6) is -0.547. The molecule has 5 heteroatoms. The van der Waals surface area contributed by atoms with Gasteiger partial charge in [0.25, 0.3) is 0 Å². The van der Waals surface area contributed by atoms with Crippen molar-refractivity contribution in [2.75, 3.05) is 19.6 Å². The lowest BCUT2D eigenvalue weighted by atomic mass is 10.0. The van der Waals surface area contributed by atoms with E-state index in [1.54, 1.807) is 18.2 Å². The van der Waals surface area contributed by atoms with Crippen LogP contribution >= 0.6 is 0 Å². The van der Waals surface area contributed by atoms with E-state index in [1.165, 1.54) is 19.4 Å². The number of hydrogen-bond acceptors (Lipinski definition) is 3. The lowest BCUT2D eigenvalue weighted by molar-refractivity contribution is 0.0533. The molecule has 21 heavy (non-hydrogen) atoms. The van der Waals surface area contributed by atoms with Crippen LogP contribution < -0.4 is 5.73 Å². The molecule has 1 aromatic rings. The van der Waals surface area contributed by atoms with Crippen molar-refractivity contribution in [2.24, 2.45) is 5.73 Å². The van der Waals surface area contributed by atoms with Gasteiger partial charge < -0.3 is 5.73 Å². The molecule has 2 fully saturated rings. The van der Waals surface area contributed by atoms with Crippen LogP contribution in [-0.2, 0) is 6.54 Å². The summed E-state index contributed by atoms with van der Waals surface area (Å²) in [5.41, 5.74) is 6.28. The van der Waals surface area contributed by atoms with Crippen LogP contribution in [0.4, 0.5) is 4.39 Å². The maximum Gasteiger partial charge on any atom is 0.138 e. The van der Waals surface area contributed by atoms with Crippen LogP contribution in [0.25, 0.3) is 0 Å². The predicted octanol–water partition coefficient (Wildman–Crippen LogP) is 1.78. The quantitative estimate of drug-likeness (QED) is 0.659. The molecule has 0 aromatic heterocycles. The highest BCUT2D eigenvalue weighted by atomic mass is 19.1. The van der Waals surface area contributed by atoms with Crippen LogP contribution in [0.15, 0.2) is 18.2 Å². The van der Waals surface area contributed by atoms with E-state index in [1.807, 2.05) is 0 Å². The summed E-state index contributed by atoms with van der Waals surface area (Å²) >= 11 is 0. The van der Waals surface area contributed by atoms with Gasteiger partial charge in [-0.2, -0.15) is 0 Å². The normalized spacial score (nSPS) is 26.8. The van der Waals surface area contributed by atoms with Gasteiger partial charge in [-0.1, -0.05) is 12.1 Å². The maximum atomic E-state index is 14.4. The zero-order valence-electron chi connectivity index (χ0n) is 12.5. The number of piperazine rings is 1. The van der Waals surface area contributed by atoms with Gasteiger partial charge in [-0.3, -0.25) is 15.2 Å². The van der Waals surface area contributed by atoms with E-state index < -0.39 is 0 Å². The lowest BCUT2D eigenvalue weighted by Crippen LogP contribution is -2.54. The fraction of sp³-hybridized carbons (Fsp3) is 0.562. The highest BCUT2D eigenvalue weighted by Gasteiger charge is 2.34. The molecule has 2 aliphatic heterocycles. The average molecular weight is 290 g/mol. The molecule has 3 N–H and O–H groups in total. The minimum Gasteiger partial charge on any atom is -0.384 e. The number of halogens is 1. The van der Waals surface area contributed by atoms with Crippen LogP contribution in [0.1, 0.15) is 30.9 Å². The van der Waals surface area contributed by atoms with Crippen molar-refractivity contribution in [3.63, 3.8) is 0 Å². The first-order chi connectivity index (χ1) is 10.1. The van der Waals surface area contributed by atoms with Crippen LogP contribution in [0.3, 0.4) is 0 Å². The number of nitrogens with one attached hydrogen (secondary N) is 1. The molecule has 2 saturated heterocycles. The molecule has 3 rings (SSSR count). The van der Waals surface area contributed by atoms with E-state index in [0.717, 1.165) is 13.1 Å². The molecule has 0 amide bonds. The molecule has 2 unspecified atom stereocenters. The number of nitrogen functional groups attached to an aromatic ring is 1. The average Bonchev–Trinajstić information content (AvgIpc) is 2.88. The third-order valence-electron chi connectivity index (χ3n) is 4.81. The van der Waals surface area contributed by atoms with E-state index in [2.05, 4.69) is 16.7 Å². The zero-order valence-corrected chi connectivity index (χ0v) is 12.5. The smallest absolute Gasteiger partial charge is 0.138 e. The van der Waals surface area contributed by atoms with Gasteiger partial charge in [0.15, 0.2) is 0 Å². The second-order valence-corrected chi connectivity index (χ2v) is 6.26. The van der Waals surface area contributed by atoms with Gasteiger partial charge in [-0.15, -0.1) is 0 Å². The molecule has 114 valence electrons. The number of amidine groups is 1. The van der Waals surface area contributed by atoms with Crippen molar-refractivity contribution in [3.8, 4) is 0 Å². The first-order valence-electron chi connectivity index (χ1n) is 7.66. The molecule has 0 saturated carbocycles. The molecular formula is C16H23FN4. The maximum absolute atomic E-state index is 14.4. The third kappa shape index (κ3) is 2.80. The highest BCUT2D eigenvalue weighted by molar-refractivity contribution is 5.95. The van der Waals surface area contributed by atoms with Gasteiger partial charge >= 0.3 is 0 Å². The number of nitrogens with two attached hydrogens (primary N) is 1. The summed E-state index contributed by atoms with van der Waals surface area (Å²) in [6.07, 6.45) is 2.53. The van der Waals surface area contributed by atoms with Crippen molar-refractivity contribution < 1.29 is 4.39 Å². The van der Waals surface area contributed by atoms with Crippen molar-refractivity contribution in [1.29, 1.82) is 5.41 Å². The second-order valence-electron chi connectivity index (χ2n) is 6.26. The monoisotopic (exact) mass is 290 g/mol. The Morgan fingerprint density at radius 2 is 2.24 bits per heavy atom. The molecule has 2 aliphatic rings. The minimum atomic E-state index is -0.342. The van der Waals surface area contributed by atoms with Crippen molar-refractivity contribution in [1.82, 2.24) is 9.80 Å². The van der Waals surface area contributed by atoms with Gasteiger partial charge in [0.05, 0.1) is 5.56 Å². The van der Waals surface area contributed by atoms with Crippen molar-refractivity contribution >= 4 is 5.84 Å². The number of rotatable bonds is 3. The molecule has 1 aromatic carbocycles. The highest BCUT2D eigenvalue weighted by Crippen LogP contribution is 2.26. The van der Waals surface area contributed by atoms with Gasteiger partial charge in [0.1, 0.15) is 11.7 Å². The summed E-state index contributed by atoms with van der Waals surface area (Å²) in [4.78, 5) is 4.92. The Labute approximate surface area is 125 Å². The Morgan fingerprint density at radius 3 is 3.00 bits per heavy atom. The SMILES string of the molecule is CC1CN2CCCC2CN1Cc1cccc(C(=N)N)c1F. The number of fused-ring (bicyclic) bond motifs is 1. The van der Waals surface area contributed by atoms with Crippen LogP contribution in [0.2, 0.25) is 0 Å². The molecule has 4 nitrogen and oxygen atoms in total.